The minimum Gasteiger partial charge on any atom is -0.454 e. The lowest BCUT2D eigenvalue weighted by Crippen LogP contribution is -2.04. The Kier molecular flexibility index (Phi) is 5.75. The van der Waals surface area contributed by atoms with Crippen LogP contribution in [0.25, 0.3) is 0 Å². The molecule has 4 heteroatoms. The topological polar surface area (TPSA) is 54.4 Å². The van der Waals surface area contributed by atoms with Crippen LogP contribution in [0.4, 0.5) is 0 Å². The van der Waals surface area contributed by atoms with E-state index in [-0.39, 0.29) is 18.0 Å². The molecule has 0 saturated carbocycles. The van der Waals surface area contributed by atoms with E-state index in [0.29, 0.717) is 19.2 Å². The normalized spacial score (nSPS) is 9.27. The predicted octanol–water partition coefficient (Wildman–Crippen LogP) is 0.345. The second kappa shape index (κ2) is 6.10. The van der Waals surface area contributed by atoms with Gasteiger partial charge in [0.25, 0.3) is 7.48 Å². The van der Waals surface area contributed by atoms with Gasteiger partial charge >= 0.3 is 0 Å². The van der Waals surface area contributed by atoms with Crippen LogP contribution in [-0.4, -0.2) is 24.1 Å². The number of carbonyl (C=O) groups is 2. The lowest BCUT2D eigenvalue weighted by atomic mass is 9.91. The third kappa shape index (κ3) is 7.26. The molecule has 1 N–H and O–H groups in total. The quantitative estimate of drug-likeness (QED) is 0.342. The Labute approximate surface area is 67.1 Å². The third-order valence-electron chi connectivity index (χ3n) is 1.23. The molecular weight excluding hydrogens is 143 g/mol. The molecular formula is C7H12BO3. The van der Waals surface area contributed by atoms with Crippen molar-refractivity contribution in [3.8, 4) is 0 Å². The van der Waals surface area contributed by atoms with E-state index in [1.165, 1.54) is 6.92 Å². The zero-order valence-corrected chi connectivity index (χ0v) is 6.67. The van der Waals surface area contributed by atoms with Crippen molar-refractivity contribution in [3.05, 3.63) is 0 Å². The number of hydrogen-bond donors (Lipinski definition) is 1. The van der Waals surface area contributed by atoms with Crippen LogP contribution in [-0.2, 0) is 9.59 Å². The summed E-state index contributed by atoms with van der Waals surface area (Å²) >= 11 is 0. The fourth-order valence-corrected chi connectivity index (χ4v) is 0.757. The van der Waals surface area contributed by atoms with E-state index < -0.39 is 0 Å². The van der Waals surface area contributed by atoms with Gasteiger partial charge in [0.1, 0.15) is 11.6 Å². The average Bonchev–Trinajstić information content (AvgIpc) is 1.86. The van der Waals surface area contributed by atoms with Crippen molar-refractivity contribution >= 4 is 19.0 Å². The number of ketones is 2. The largest absolute Gasteiger partial charge is 0.454 e. The Balaban J connectivity index is 3.30. The van der Waals surface area contributed by atoms with E-state index in [1.54, 1.807) is 0 Å². The summed E-state index contributed by atoms with van der Waals surface area (Å²) in [6.07, 6.45) is 1.56. The lowest BCUT2D eigenvalue weighted by Gasteiger charge is -1.94. The smallest absolute Gasteiger partial charge is 0.287 e. The van der Waals surface area contributed by atoms with E-state index in [2.05, 4.69) is 0 Å². The SMILES string of the molecule is CC(=O)CC(=O)CCC[B]O. The summed E-state index contributed by atoms with van der Waals surface area (Å²) in [5, 5.41) is 8.26. The molecule has 0 aliphatic rings. The predicted molar refractivity (Wildman–Crippen MR) is 42.3 cm³/mol. The second-order valence-electron chi connectivity index (χ2n) is 2.49. The minimum absolute atomic E-state index is 0.0332. The highest BCUT2D eigenvalue weighted by Gasteiger charge is 2.04. The third-order valence-corrected chi connectivity index (χ3v) is 1.23. The molecule has 61 valence electrons. The molecule has 0 spiro atoms. The summed E-state index contributed by atoms with van der Waals surface area (Å²) in [6, 6.07) is 0. The number of carbonyl (C=O) groups excluding carboxylic acids is 2. The number of hydrogen-bond acceptors (Lipinski definition) is 3. The van der Waals surface area contributed by atoms with Gasteiger partial charge in [0.05, 0.1) is 6.42 Å². The standard InChI is InChI=1S/C7H12BO3/c1-6(9)5-7(10)3-2-4-8-11/h11H,2-5H2,1H3. The van der Waals surface area contributed by atoms with E-state index in [4.69, 9.17) is 5.02 Å². The van der Waals surface area contributed by atoms with Crippen molar-refractivity contribution in [1.82, 2.24) is 0 Å². The maximum absolute atomic E-state index is 10.8. The lowest BCUT2D eigenvalue weighted by molar-refractivity contribution is -0.125. The van der Waals surface area contributed by atoms with Crippen molar-refractivity contribution in [2.24, 2.45) is 0 Å². The fourth-order valence-electron chi connectivity index (χ4n) is 0.757. The zero-order chi connectivity index (χ0) is 8.69. The first-order chi connectivity index (χ1) is 5.16. The van der Waals surface area contributed by atoms with Gasteiger partial charge in [0.15, 0.2) is 0 Å². The Bertz CT molecular complexity index is 145. The first-order valence-electron chi connectivity index (χ1n) is 3.64. The van der Waals surface area contributed by atoms with Crippen molar-refractivity contribution < 1.29 is 14.6 Å². The number of rotatable bonds is 6. The van der Waals surface area contributed by atoms with Gasteiger partial charge < -0.3 is 5.02 Å². The molecule has 0 aliphatic heterocycles. The van der Waals surface area contributed by atoms with Gasteiger partial charge in [0.2, 0.25) is 0 Å². The first-order valence-corrected chi connectivity index (χ1v) is 3.64. The van der Waals surface area contributed by atoms with Crippen molar-refractivity contribution in [1.29, 1.82) is 0 Å². The van der Waals surface area contributed by atoms with E-state index in [1.807, 2.05) is 0 Å². The summed E-state index contributed by atoms with van der Waals surface area (Å²) in [5.74, 6) is -0.137. The molecule has 0 aliphatic carbocycles. The summed E-state index contributed by atoms with van der Waals surface area (Å²) in [7, 11) is 1.03. The molecule has 0 bridgehead atoms. The maximum atomic E-state index is 10.8. The monoisotopic (exact) mass is 155 g/mol. The van der Waals surface area contributed by atoms with Gasteiger partial charge in [-0.1, -0.05) is 12.7 Å². The highest BCUT2D eigenvalue weighted by atomic mass is 16.2. The summed E-state index contributed by atoms with van der Waals surface area (Å²) in [4.78, 5) is 21.2. The van der Waals surface area contributed by atoms with Crippen LogP contribution in [0.1, 0.15) is 26.2 Å². The van der Waals surface area contributed by atoms with Crippen molar-refractivity contribution in [3.63, 3.8) is 0 Å². The Morgan fingerprint density at radius 3 is 2.55 bits per heavy atom. The molecule has 0 aromatic heterocycles. The van der Waals surface area contributed by atoms with Gasteiger partial charge in [-0.25, -0.2) is 0 Å². The molecule has 0 rings (SSSR count). The number of Topliss-reactive ketones (excluding diaryl/α,β-unsaturated/α-hetero) is 2. The van der Waals surface area contributed by atoms with Gasteiger partial charge in [-0.3, -0.25) is 9.59 Å². The fraction of sp³-hybridized carbons (Fsp3) is 0.714. The Hall–Kier alpha value is -0.635. The molecule has 0 aromatic rings. The molecule has 0 heterocycles. The van der Waals surface area contributed by atoms with Gasteiger partial charge in [0, 0.05) is 6.42 Å². The van der Waals surface area contributed by atoms with Crippen molar-refractivity contribution in [2.45, 2.75) is 32.5 Å². The van der Waals surface area contributed by atoms with Crippen LogP contribution in [0.5, 0.6) is 0 Å². The molecule has 0 amide bonds. The Morgan fingerprint density at radius 1 is 1.45 bits per heavy atom. The van der Waals surface area contributed by atoms with Gasteiger partial charge in [-0.05, 0) is 6.92 Å². The average molecular weight is 155 g/mol. The zero-order valence-electron chi connectivity index (χ0n) is 6.67. The summed E-state index contributed by atoms with van der Waals surface area (Å²) in [5.41, 5.74) is 0. The van der Waals surface area contributed by atoms with Crippen LogP contribution in [0.2, 0.25) is 6.32 Å². The van der Waals surface area contributed by atoms with E-state index in [9.17, 15) is 9.59 Å². The van der Waals surface area contributed by atoms with Gasteiger partial charge in [-0.15, -0.1) is 0 Å². The molecule has 0 unspecified atom stereocenters. The van der Waals surface area contributed by atoms with Crippen LogP contribution < -0.4 is 0 Å². The molecule has 0 atom stereocenters. The minimum atomic E-state index is -0.0945. The van der Waals surface area contributed by atoms with E-state index >= 15 is 0 Å². The molecule has 0 fully saturated rings. The van der Waals surface area contributed by atoms with Crippen LogP contribution >= 0.6 is 0 Å². The van der Waals surface area contributed by atoms with E-state index in [0.717, 1.165) is 7.48 Å². The van der Waals surface area contributed by atoms with Crippen molar-refractivity contribution in [2.75, 3.05) is 0 Å². The first kappa shape index (κ1) is 10.4. The van der Waals surface area contributed by atoms with Crippen LogP contribution in [0.15, 0.2) is 0 Å². The Morgan fingerprint density at radius 2 is 2.09 bits per heavy atom. The maximum Gasteiger partial charge on any atom is 0.287 e. The summed E-state index contributed by atoms with van der Waals surface area (Å²) in [6.45, 7) is 1.40. The van der Waals surface area contributed by atoms with Crippen LogP contribution in [0, 0.1) is 0 Å². The van der Waals surface area contributed by atoms with Crippen LogP contribution in [0.3, 0.4) is 0 Å². The highest BCUT2D eigenvalue weighted by Crippen LogP contribution is 1.98. The highest BCUT2D eigenvalue weighted by molar-refractivity contribution is 6.25. The molecule has 3 nitrogen and oxygen atoms in total. The second-order valence-corrected chi connectivity index (χ2v) is 2.49. The summed E-state index contributed by atoms with van der Waals surface area (Å²) < 4.78 is 0. The molecule has 1 radical (unpaired) electrons. The molecule has 0 aromatic carbocycles. The molecule has 0 saturated heterocycles. The molecule has 11 heavy (non-hydrogen) atoms. The van der Waals surface area contributed by atoms with Gasteiger partial charge in [-0.2, -0.15) is 0 Å².